The lowest BCUT2D eigenvalue weighted by Crippen LogP contribution is -2.37. The largest absolute Gasteiger partial charge is 0.508 e. The normalized spacial score (nSPS) is 17.4. The summed E-state index contributed by atoms with van der Waals surface area (Å²) in [4.78, 5) is 24.7. The number of carbonyl (C=O) groups excluding carboxylic acids is 2. The van der Waals surface area contributed by atoms with E-state index < -0.39 is 11.8 Å². The predicted octanol–water partition coefficient (Wildman–Crippen LogP) is 6.33. The van der Waals surface area contributed by atoms with Gasteiger partial charge in [0.2, 0.25) is 0 Å². The molecule has 1 atom stereocenters. The van der Waals surface area contributed by atoms with E-state index >= 15 is 0 Å². The van der Waals surface area contributed by atoms with Crippen molar-refractivity contribution in [3.63, 3.8) is 0 Å². The Kier molecular flexibility index (Phi) is 11.8. The Balaban J connectivity index is 1.59. The number of unbranched alkanes of at least 4 members (excludes halogenated alkanes) is 8. The fourth-order valence-corrected chi connectivity index (χ4v) is 4.65. The van der Waals surface area contributed by atoms with Crippen LogP contribution in [0.15, 0.2) is 18.2 Å². The van der Waals surface area contributed by atoms with E-state index in [1.54, 1.807) is 0 Å². The number of aromatic hydroxyl groups is 1. The smallest absolute Gasteiger partial charge is 0.326 e. The van der Waals surface area contributed by atoms with Gasteiger partial charge in [-0.25, -0.2) is 0 Å². The molecule has 1 fully saturated rings. The number of amides is 1. The maximum atomic E-state index is 14.0. The number of hydrogen-bond acceptors (Lipinski definition) is 4. The van der Waals surface area contributed by atoms with Crippen LogP contribution in [0.4, 0.5) is 8.78 Å². The molecule has 0 spiro atoms. The zero-order chi connectivity index (χ0) is 25.0. The first kappa shape index (κ1) is 28.1. The number of halogens is 2. The first-order chi connectivity index (χ1) is 16.2. The molecular formula is C27H41F2NO4. The molecule has 0 saturated carbocycles. The third-order valence-electron chi connectivity index (χ3n) is 6.79. The standard InChI is InChI=1S/C27H41F2NO4/c1-21-16-17-22(19-24(21)31)13-9-5-3-4-6-10-14-23-20-27(28,29)26(33)30(23)18-12-8-7-11-15-25(32)34-2/h16-17,19,23,31H,3-15,18,20H2,1-2H3. The minimum Gasteiger partial charge on any atom is -0.508 e. The second-order valence-electron chi connectivity index (χ2n) is 9.58. The number of likely N-dealkylation sites (tertiary alicyclic amines) is 1. The second-order valence-corrected chi connectivity index (χ2v) is 9.58. The summed E-state index contributed by atoms with van der Waals surface area (Å²) in [5.74, 6) is -4.14. The number of benzene rings is 1. The number of methoxy groups -OCH3 is 1. The maximum Gasteiger partial charge on any atom is 0.326 e. The van der Waals surface area contributed by atoms with Crippen molar-refractivity contribution in [1.82, 2.24) is 4.90 Å². The van der Waals surface area contributed by atoms with Crippen LogP contribution in [0.25, 0.3) is 0 Å². The summed E-state index contributed by atoms with van der Waals surface area (Å²) in [5.41, 5.74) is 2.04. The summed E-state index contributed by atoms with van der Waals surface area (Å²) in [7, 11) is 1.36. The van der Waals surface area contributed by atoms with Crippen LogP contribution in [0.1, 0.15) is 94.6 Å². The Morgan fingerprint density at radius 1 is 1.06 bits per heavy atom. The van der Waals surface area contributed by atoms with Gasteiger partial charge in [-0.3, -0.25) is 9.59 Å². The van der Waals surface area contributed by atoms with Gasteiger partial charge in [0.1, 0.15) is 5.75 Å². The van der Waals surface area contributed by atoms with Crippen LogP contribution in [-0.4, -0.2) is 47.5 Å². The number of hydrogen-bond donors (Lipinski definition) is 1. The molecule has 34 heavy (non-hydrogen) atoms. The Hall–Kier alpha value is -2.18. The second kappa shape index (κ2) is 14.3. The van der Waals surface area contributed by atoms with Crippen molar-refractivity contribution < 1.29 is 28.2 Å². The molecule has 0 aromatic heterocycles. The minimum atomic E-state index is -3.24. The van der Waals surface area contributed by atoms with Gasteiger partial charge >= 0.3 is 11.9 Å². The van der Waals surface area contributed by atoms with Gasteiger partial charge in [0.25, 0.3) is 5.91 Å². The molecule has 1 aromatic carbocycles. The van der Waals surface area contributed by atoms with Crippen LogP contribution in [0.2, 0.25) is 0 Å². The van der Waals surface area contributed by atoms with Gasteiger partial charge in [-0.05, 0) is 56.2 Å². The topological polar surface area (TPSA) is 66.8 Å². The number of carbonyl (C=O) groups is 2. The molecule has 5 nitrogen and oxygen atoms in total. The van der Waals surface area contributed by atoms with Crippen molar-refractivity contribution in [1.29, 1.82) is 0 Å². The summed E-state index contributed by atoms with van der Waals surface area (Å²) < 4.78 is 32.7. The molecule has 0 radical (unpaired) electrons. The SMILES string of the molecule is COC(=O)CCCCCCN1C(=O)C(F)(F)CC1CCCCCCCCc1ccc(C)c(O)c1. The van der Waals surface area contributed by atoms with E-state index in [4.69, 9.17) is 0 Å². The fraction of sp³-hybridized carbons (Fsp3) is 0.704. The maximum absolute atomic E-state index is 14.0. The van der Waals surface area contributed by atoms with Gasteiger partial charge in [0, 0.05) is 25.4 Å². The number of nitrogens with zero attached hydrogens (tertiary/aromatic N) is 1. The Bertz CT molecular complexity index is 784. The molecule has 2 rings (SSSR count). The number of phenols is 1. The molecule has 1 unspecified atom stereocenters. The van der Waals surface area contributed by atoms with Gasteiger partial charge in [0.05, 0.1) is 7.11 Å². The molecule has 0 bridgehead atoms. The quantitative estimate of drug-likeness (QED) is 0.221. The average Bonchev–Trinajstić information content (AvgIpc) is 3.02. The van der Waals surface area contributed by atoms with E-state index in [9.17, 15) is 23.5 Å². The third kappa shape index (κ3) is 9.22. The average molecular weight is 482 g/mol. The summed E-state index contributed by atoms with van der Waals surface area (Å²) in [6.07, 6.45) is 10.8. The van der Waals surface area contributed by atoms with Crippen molar-refractivity contribution in [2.24, 2.45) is 0 Å². The zero-order valence-corrected chi connectivity index (χ0v) is 20.8. The highest BCUT2D eigenvalue weighted by molar-refractivity contribution is 5.86. The number of ether oxygens (including phenoxy) is 1. The molecule has 192 valence electrons. The molecular weight excluding hydrogens is 440 g/mol. The molecule has 7 heteroatoms. The molecule has 1 aliphatic rings. The van der Waals surface area contributed by atoms with Gasteiger partial charge < -0.3 is 14.7 Å². The van der Waals surface area contributed by atoms with Crippen molar-refractivity contribution in [3.05, 3.63) is 29.3 Å². The predicted molar refractivity (Wildman–Crippen MR) is 129 cm³/mol. The van der Waals surface area contributed by atoms with E-state index in [1.165, 1.54) is 12.0 Å². The Morgan fingerprint density at radius 2 is 1.71 bits per heavy atom. The molecule has 1 saturated heterocycles. The highest BCUT2D eigenvalue weighted by Gasteiger charge is 2.52. The molecule has 0 aliphatic carbocycles. The van der Waals surface area contributed by atoms with Gasteiger partial charge in [-0.2, -0.15) is 8.78 Å². The van der Waals surface area contributed by atoms with E-state index in [0.29, 0.717) is 38.0 Å². The number of aryl methyl sites for hydroxylation is 2. The van der Waals surface area contributed by atoms with Crippen molar-refractivity contribution in [2.45, 2.75) is 109 Å². The molecule has 1 heterocycles. The molecule has 1 aromatic rings. The highest BCUT2D eigenvalue weighted by Crippen LogP contribution is 2.36. The summed E-state index contributed by atoms with van der Waals surface area (Å²) in [5, 5.41) is 9.78. The van der Waals surface area contributed by atoms with E-state index in [0.717, 1.165) is 68.9 Å². The fourth-order valence-electron chi connectivity index (χ4n) is 4.65. The number of esters is 1. The van der Waals surface area contributed by atoms with Crippen LogP contribution in [0, 0.1) is 6.92 Å². The zero-order valence-electron chi connectivity index (χ0n) is 20.8. The first-order valence-corrected chi connectivity index (χ1v) is 12.8. The van der Waals surface area contributed by atoms with Crippen LogP contribution in [-0.2, 0) is 20.7 Å². The molecule has 1 aliphatic heterocycles. The highest BCUT2D eigenvalue weighted by atomic mass is 19.3. The molecule has 1 amide bonds. The number of phenolic OH excluding ortho intramolecular Hbond substituents is 1. The minimum absolute atomic E-state index is 0.235. The Labute approximate surface area is 202 Å². The van der Waals surface area contributed by atoms with Gasteiger partial charge in [-0.1, -0.05) is 57.1 Å². The summed E-state index contributed by atoms with van der Waals surface area (Å²) >= 11 is 0. The van der Waals surface area contributed by atoms with Crippen LogP contribution in [0.5, 0.6) is 5.75 Å². The van der Waals surface area contributed by atoms with Crippen LogP contribution >= 0.6 is 0 Å². The lowest BCUT2D eigenvalue weighted by molar-refractivity contribution is -0.148. The summed E-state index contributed by atoms with van der Waals surface area (Å²) in [6.45, 7) is 2.25. The van der Waals surface area contributed by atoms with Crippen molar-refractivity contribution in [2.75, 3.05) is 13.7 Å². The Morgan fingerprint density at radius 3 is 2.41 bits per heavy atom. The monoisotopic (exact) mass is 481 g/mol. The van der Waals surface area contributed by atoms with Gasteiger partial charge in [0.15, 0.2) is 0 Å². The third-order valence-corrected chi connectivity index (χ3v) is 6.79. The van der Waals surface area contributed by atoms with E-state index in [1.807, 2.05) is 19.1 Å². The molecule has 1 N–H and O–H groups in total. The van der Waals surface area contributed by atoms with Gasteiger partial charge in [-0.15, -0.1) is 0 Å². The van der Waals surface area contributed by atoms with Crippen LogP contribution in [0.3, 0.4) is 0 Å². The number of alkyl halides is 2. The lowest BCUT2D eigenvalue weighted by atomic mass is 10.0. The number of rotatable bonds is 16. The van der Waals surface area contributed by atoms with E-state index in [2.05, 4.69) is 10.8 Å². The van der Waals surface area contributed by atoms with Crippen molar-refractivity contribution in [3.8, 4) is 5.75 Å². The van der Waals surface area contributed by atoms with Crippen molar-refractivity contribution >= 4 is 11.9 Å². The summed E-state index contributed by atoms with van der Waals surface area (Å²) in [6, 6.07) is 5.46. The van der Waals surface area contributed by atoms with E-state index in [-0.39, 0.29) is 18.4 Å². The first-order valence-electron chi connectivity index (χ1n) is 12.8. The van der Waals surface area contributed by atoms with Crippen LogP contribution < -0.4 is 0 Å². The lowest BCUT2D eigenvalue weighted by Gasteiger charge is -2.24.